The molecule has 1 amide bonds. The van der Waals surface area contributed by atoms with E-state index in [2.05, 4.69) is 104 Å². The summed E-state index contributed by atoms with van der Waals surface area (Å²) in [5, 5.41) is 120. The van der Waals surface area contributed by atoms with E-state index in [4.69, 9.17) is 28.4 Å². The lowest BCUT2D eigenvalue weighted by atomic mass is 9.96. The van der Waals surface area contributed by atoms with E-state index >= 15 is 0 Å². The van der Waals surface area contributed by atoms with Gasteiger partial charge in [-0.25, -0.2) is 0 Å². The Hall–Kier alpha value is -3.29. The highest BCUT2D eigenvalue weighted by molar-refractivity contribution is 5.76. The fraction of sp³-hybridized carbons (Fsp3) is 0.707. The second-order valence-electron chi connectivity index (χ2n) is 19.7. The summed E-state index contributed by atoms with van der Waals surface area (Å²) in [7, 11) is 0. The number of ether oxygens (including phenoxy) is 6. The SMILES string of the molecule is CC/C=C\C/C=C\C/C=C\C/C=C\C/C=C\C/C=C\CCCCCCC(=O)NC(COC1OC(CO)C(OC2OC(CO)C(OC3OC(CO)C(O)C(O)C3O)C(O)C2O)C(O)C1O)C(O)/C=C/CC/C=C/CCCCC. The lowest BCUT2D eigenvalue weighted by Crippen LogP contribution is -2.66. The van der Waals surface area contributed by atoms with Crippen molar-refractivity contribution >= 4 is 5.91 Å². The first-order valence-electron chi connectivity index (χ1n) is 28.0. The molecular weight excluding hydrogens is 999 g/mol. The molecule has 3 rings (SSSR count). The zero-order valence-corrected chi connectivity index (χ0v) is 45.4. The number of rotatable bonds is 38. The molecule has 440 valence electrons. The van der Waals surface area contributed by atoms with Crippen LogP contribution in [0.3, 0.4) is 0 Å². The molecule has 3 fully saturated rings. The Morgan fingerprint density at radius 2 is 0.909 bits per heavy atom. The van der Waals surface area contributed by atoms with Gasteiger partial charge in [0.05, 0.1) is 38.6 Å². The molecule has 3 aliphatic rings. The van der Waals surface area contributed by atoms with E-state index in [0.29, 0.717) is 12.8 Å². The van der Waals surface area contributed by atoms with Gasteiger partial charge in [0, 0.05) is 6.42 Å². The Morgan fingerprint density at radius 3 is 1.44 bits per heavy atom. The van der Waals surface area contributed by atoms with Crippen molar-refractivity contribution in [3.05, 3.63) is 97.2 Å². The van der Waals surface area contributed by atoms with Crippen molar-refractivity contribution in [2.24, 2.45) is 0 Å². The number of amides is 1. The number of aliphatic hydroxyl groups excluding tert-OH is 11. The zero-order chi connectivity index (χ0) is 56.2. The van der Waals surface area contributed by atoms with Gasteiger partial charge in [-0.05, 0) is 83.5 Å². The summed E-state index contributed by atoms with van der Waals surface area (Å²) in [5.41, 5.74) is 0. The molecule has 17 unspecified atom stereocenters. The molecule has 0 bridgehead atoms. The summed E-state index contributed by atoms with van der Waals surface area (Å²) in [6.45, 7) is 1.46. The number of unbranched alkanes of at least 4 members (excludes halogenated alkanes) is 8. The molecule has 0 aromatic rings. The van der Waals surface area contributed by atoms with Crippen molar-refractivity contribution in [2.45, 2.75) is 234 Å². The Bertz CT molecular complexity index is 1780. The molecular formula is C58H95NO18. The average Bonchev–Trinajstić information content (AvgIpc) is 3.43. The first kappa shape index (κ1) is 68.0. The number of nitrogens with one attached hydrogen (secondary N) is 1. The first-order chi connectivity index (χ1) is 37.3. The molecule has 12 N–H and O–H groups in total. The van der Waals surface area contributed by atoms with E-state index in [0.717, 1.165) is 89.9 Å². The van der Waals surface area contributed by atoms with Gasteiger partial charge in [-0.3, -0.25) is 4.79 Å². The summed E-state index contributed by atoms with van der Waals surface area (Å²) in [4.78, 5) is 13.2. The molecule has 0 saturated carbocycles. The predicted octanol–water partition coefficient (Wildman–Crippen LogP) is 3.81. The van der Waals surface area contributed by atoms with Gasteiger partial charge in [0.15, 0.2) is 18.9 Å². The minimum absolute atomic E-state index is 0.199. The molecule has 17 atom stereocenters. The van der Waals surface area contributed by atoms with E-state index in [-0.39, 0.29) is 18.9 Å². The van der Waals surface area contributed by atoms with Crippen molar-refractivity contribution in [3.8, 4) is 0 Å². The first-order valence-corrected chi connectivity index (χ1v) is 28.0. The Balaban J connectivity index is 1.49. The highest BCUT2D eigenvalue weighted by Crippen LogP contribution is 2.33. The summed E-state index contributed by atoms with van der Waals surface area (Å²) in [5.74, 6) is -0.319. The molecule has 19 heteroatoms. The molecule has 3 aliphatic heterocycles. The number of aliphatic hydroxyl groups is 11. The number of hydrogen-bond donors (Lipinski definition) is 12. The lowest BCUT2D eigenvalue weighted by molar-refractivity contribution is -0.379. The summed E-state index contributed by atoms with van der Waals surface area (Å²) in [6.07, 6.45) is 22.8. The molecule has 0 aromatic heterocycles. The average molecular weight is 1090 g/mol. The summed E-state index contributed by atoms with van der Waals surface area (Å²) >= 11 is 0. The topological polar surface area (TPSA) is 307 Å². The van der Waals surface area contributed by atoms with Gasteiger partial charge in [-0.15, -0.1) is 0 Å². The van der Waals surface area contributed by atoms with E-state index < -0.39 is 124 Å². The normalized spacial score (nSPS) is 31.5. The van der Waals surface area contributed by atoms with Crippen LogP contribution in [0.5, 0.6) is 0 Å². The molecule has 0 aliphatic carbocycles. The summed E-state index contributed by atoms with van der Waals surface area (Å²) in [6, 6.07) is -1.01. The van der Waals surface area contributed by atoms with Crippen LogP contribution in [-0.2, 0) is 33.2 Å². The number of carbonyl (C=O) groups excluding carboxylic acids is 1. The Labute approximate surface area is 456 Å². The van der Waals surface area contributed by atoms with E-state index in [1.165, 1.54) is 6.42 Å². The van der Waals surface area contributed by atoms with Crippen LogP contribution < -0.4 is 5.32 Å². The van der Waals surface area contributed by atoms with Gasteiger partial charge < -0.3 is 89.9 Å². The highest BCUT2D eigenvalue weighted by Gasteiger charge is 2.53. The van der Waals surface area contributed by atoms with E-state index in [9.17, 15) is 61.0 Å². The van der Waals surface area contributed by atoms with Crippen LogP contribution in [0.25, 0.3) is 0 Å². The fourth-order valence-electron chi connectivity index (χ4n) is 8.74. The maximum atomic E-state index is 13.2. The van der Waals surface area contributed by atoms with Crippen LogP contribution in [0, 0.1) is 0 Å². The second kappa shape index (κ2) is 40.8. The monoisotopic (exact) mass is 1090 g/mol. The molecule has 3 saturated heterocycles. The smallest absolute Gasteiger partial charge is 0.220 e. The zero-order valence-electron chi connectivity index (χ0n) is 45.4. The maximum Gasteiger partial charge on any atom is 0.220 e. The number of hydrogen-bond acceptors (Lipinski definition) is 18. The van der Waals surface area contributed by atoms with Gasteiger partial charge in [0.25, 0.3) is 0 Å². The van der Waals surface area contributed by atoms with Crippen LogP contribution in [0.2, 0.25) is 0 Å². The van der Waals surface area contributed by atoms with Gasteiger partial charge >= 0.3 is 0 Å². The standard InChI is InChI=1S/C58H95NO18/c1-3-5-7-9-11-13-14-15-16-17-18-19-20-21-22-23-24-25-26-28-30-32-34-36-46(64)59-41(42(63)35-33-31-29-27-12-10-8-6-4-2)40-72-56-52(70)49(67)54(44(38-61)74-56)77-58-53(71)50(68)55(45(39-62)75-58)76-57-51(69)48(66)47(65)43(37-60)73-57/h5,7,11-13,15-16,18-19,21-22,24-25,27,33,35,41-45,47-58,60-63,65-71H,3-4,6,8-10,14,17,20,23,26,28-32,34,36-40H2,1-2H3,(H,59,64)/b7-5-,13-11-,16-15-,19-18-,22-21-,25-24-,27-12+,35-33+. The van der Waals surface area contributed by atoms with Crippen LogP contribution in [0.15, 0.2) is 97.2 Å². The minimum Gasteiger partial charge on any atom is -0.394 e. The van der Waals surface area contributed by atoms with Crippen LogP contribution >= 0.6 is 0 Å². The summed E-state index contributed by atoms with van der Waals surface area (Å²) < 4.78 is 34.1. The van der Waals surface area contributed by atoms with Crippen molar-refractivity contribution in [1.82, 2.24) is 5.32 Å². The van der Waals surface area contributed by atoms with Crippen LogP contribution in [-0.4, -0.2) is 193 Å². The molecule has 77 heavy (non-hydrogen) atoms. The largest absolute Gasteiger partial charge is 0.394 e. The molecule has 0 aromatic carbocycles. The number of carbonyl (C=O) groups is 1. The van der Waals surface area contributed by atoms with Crippen molar-refractivity contribution in [2.75, 3.05) is 26.4 Å². The quantitative estimate of drug-likeness (QED) is 0.0309. The third-order valence-corrected chi connectivity index (χ3v) is 13.4. The Morgan fingerprint density at radius 1 is 0.481 bits per heavy atom. The van der Waals surface area contributed by atoms with Crippen molar-refractivity contribution in [1.29, 1.82) is 0 Å². The fourth-order valence-corrected chi connectivity index (χ4v) is 8.74. The predicted molar refractivity (Wildman–Crippen MR) is 290 cm³/mol. The Kier molecular flexibility index (Phi) is 36.0. The third-order valence-electron chi connectivity index (χ3n) is 13.4. The van der Waals surface area contributed by atoms with Gasteiger partial charge in [-0.2, -0.15) is 0 Å². The number of allylic oxidation sites excluding steroid dienone is 15. The van der Waals surface area contributed by atoms with E-state index in [1.807, 2.05) is 0 Å². The van der Waals surface area contributed by atoms with Crippen molar-refractivity contribution in [3.63, 3.8) is 0 Å². The third kappa shape index (κ3) is 25.4. The van der Waals surface area contributed by atoms with Gasteiger partial charge in [-0.1, -0.05) is 137 Å². The molecule has 19 nitrogen and oxygen atoms in total. The van der Waals surface area contributed by atoms with Crippen LogP contribution in [0.4, 0.5) is 0 Å². The minimum atomic E-state index is -1.99. The van der Waals surface area contributed by atoms with Crippen LogP contribution in [0.1, 0.15) is 129 Å². The molecule has 3 heterocycles. The maximum absolute atomic E-state index is 13.2. The van der Waals surface area contributed by atoms with Gasteiger partial charge in [0.2, 0.25) is 5.91 Å². The van der Waals surface area contributed by atoms with Crippen molar-refractivity contribution < 1.29 is 89.4 Å². The van der Waals surface area contributed by atoms with Gasteiger partial charge in [0.1, 0.15) is 73.2 Å². The second-order valence-corrected chi connectivity index (χ2v) is 19.7. The molecule has 0 spiro atoms. The highest BCUT2D eigenvalue weighted by atomic mass is 16.8. The lowest BCUT2D eigenvalue weighted by Gasteiger charge is -2.48. The van der Waals surface area contributed by atoms with E-state index in [1.54, 1.807) is 12.2 Å². The molecule has 0 radical (unpaired) electrons.